The standard InChI is InChI=1S/C41H51N7O6/c1-20(2)28(19-33(49)53-5)39(50)47-26-11-7-24(15-26)35(47)37-42-29-13-9-22(17-31(29)44-37)23-10-14-30-32(18-23)45-38(43-30)36-25-8-12-27(16-25)48(36)40(51)34(21(3)4)46-41(52)54-6/h9-10,13-14,17-18,20-21,24-28,34-36H,7-8,11-12,15-16,19H2,1-6H3,(H,42,44)(H,43,45)(H,46,52)/t24?,25?,26?,27?,28?,34-,35?,36?/m0/s1. The Kier molecular flexibility index (Phi) is 9.38. The number of aromatic nitrogens is 4. The van der Waals surface area contributed by atoms with Gasteiger partial charge in [-0.05, 0) is 97.6 Å². The number of fused-ring (bicyclic) bond motifs is 6. The van der Waals surface area contributed by atoms with Crippen LogP contribution in [-0.2, 0) is 23.9 Å². The van der Waals surface area contributed by atoms with Crippen LogP contribution in [-0.4, -0.2) is 86.0 Å². The Morgan fingerprint density at radius 3 is 1.72 bits per heavy atom. The van der Waals surface area contributed by atoms with Crippen molar-refractivity contribution in [2.24, 2.45) is 29.6 Å². The second-order valence-corrected chi connectivity index (χ2v) is 16.5. The number of esters is 1. The number of ether oxygens (including phenoxy) is 2. The Hall–Kier alpha value is -4.94. The molecule has 0 radical (unpaired) electrons. The van der Waals surface area contributed by atoms with Crippen LogP contribution in [0.3, 0.4) is 0 Å². The van der Waals surface area contributed by atoms with Gasteiger partial charge in [-0.3, -0.25) is 14.4 Å². The van der Waals surface area contributed by atoms with E-state index in [1.807, 2.05) is 49.6 Å². The van der Waals surface area contributed by atoms with Crippen molar-refractivity contribution in [3.05, 3.63) is 48.0 Å². The first-order valence-electron chi connectivity index (χ1n) is 19.5. The summed E-state index contributed by atoms with van der Waals surface area (Å²) in [7, 11) is 2.67. The van der Waals surface area contributed by atoms with Crippen molar-refractivity contribution in [3.63, 3.8) is 0 Å². The van der Waals surface area contributed by atoms with Crippen molar-refractivity contribution in [3.8, 4) is 11.1 Å². The van der Waals surface area contributed by atoms with Crippen LogP contribution in [0.5, 0.6) is 0 Å². The van der Waals surface area contributed by atoms with E-state index in [-0.39, 0.29) is 60.2 Å². The maximum absolute atomic E-state index is 14.1. The quantitative estimate of drug-likeness (QED) is 0.157. The highest BCUT2D eigenvalue weighted by Gasteiger charge is 2.53. The van der Waals surface area contributed by atoms with Gasteiger partial charge < -0.3 is 34.6 Å². The third-order valence-electron chi connectivity index (χ3n) is 12.7. The van der Waals surface area contributed by atoms with E-state index in [0.717, 1.165) is 83.4 Å². The smallest absolute Gasteiger partial charge is 0.407 e. The van der Waals surface area contributed by atoms with Crippen LogP contribution in [0.2, 0.25) is 0 Å². The summed E-state index contributed by atoms with van der Waals surface area (Å²) in [6.07, 6.45) is 5.34. The lowest BCUT2D eigenvalue weighted by atomic mass is 9.89. The highest BCUT2D eigenvalue weighted by Crippen LogP contribution is 2.52. The SMILES string of the molecule is COC(=O)CC(C(=O)N1C2CCC(C2)C1c1nc2ccc(-c3ccc4nc(C5C6CCC(C6)N5C(=O)[C@@H](NC(=O)OC)C(C)C)[nH]c4c3)cc2[nH]1)C(C)C. The lowest BCUT2D eigenvalue weighted by molar-refractivity contribution is -0.150. The van der Waals surface area contributed by atoms with E-state index < -0.39 is 18.1 Å². The maximum atomic E-state index is 14.1. The number of amides is 3. The van der Waals surface area contributed by atoms with Gasteiger partial charge >= 0.3 is 12.1 Å². The largest absolute Gasteiger partial charge is 0.469 e. The van der Waals surface area contributed by atoms with Crippen molar-refractivity contribution in [2.45, 2.75) is 103 Å². The Morgan fingerprint density at radius 1 is 0.741 bits per heavy atom. The summed E-state index contributed by atoms with van der Waals surface area (Å²) in [6.45, 7) is 7.83. The van der Waals surface area contributed by atoms with Crippen LogP contribution in [0.1, 0.15) is 96.4 Å². The van der Waals surface area contributed by atoms with Crippen LogP contribution in [0, 0.1) is 29.6 Å². The zero-order chi connectivity index (χ0) is 38.0. The number of hydrogen-bond donors (Lipinski definition) is 3. The van der Waals surface area contributed by atoms with E-state index in [1.165, 1.54) is 14.2 Å². The van der Waals surface area contributed by atoms with Crippen molar-refractivity contribution >= 4 is 45.9 Å². The number of benzene rings is 2. The van der Waals surface area contributed by atoms with E-state index in [4.69, 9.17) is 19.4 Å². The number of carbonyl (C=O) groups excluding carboxylic acids is 4. The molecule has 2 aromatic carbocycles. The van der Waals surface area contributed by atoms with Gasteiger partial charge in [0.15, 0.2) is 0 Å². The number of alkyl carbamates (subject to hydrolysis) is 1. The Morgan fingerprint density at radius 2 is 1.26 bits per heavy atom. The molecule has 286 valence electrons. The molecule has 54 heavy (non-hydrogen) atoms. The van der Waals surface area contributed by atoms with Gasteiger partial charge in [-0.2, -0.15) is 0 Å². The number of imidazole rings is 2. The van der Waals surface area contributed by atoms with Gasteiger partial charge in [0, 0.05) is 12.1 Å². The van der Waals surface area contributed by atoms with Crippen LogP contribution in [0.4, 0.5) is 4.79 Å². The Bertz CT molecular complexity index is 1960. The minimum atomic E-state index is -0.691. The summed E-state index contributed by atoms with van der Waals surface area (Å²) in [5.74, 6) is 1.18. The third-order valence-corrected chi connectivity index (χ3v) is 12.7. The van der Waals surface area contributed by atoms with Crippen LogP contribution >= 0.6 is 0 Å². The summed E-state index contributed by atoms with van der Waals surface area (Å²) >= 11 is 0. The number of likely N-dealkylation sites (tertiary alicyclic amines) is 2. The molecule has 4 aromatic rings. The molecule has 4 bridgehead atoms. The number of H-pyrrole nitrogens is 2. The van der Waals surface area contributed by atoms with Gasteiger partial charge in [-0.15, -0.1) is 0 Å². The molecule has 2 aliphatic carbocycles. The molecule has 2 saturated heterocycles. The van der Waals surface area contributed by atoms with Gasteiger partial charge in [0.1, 0.15) is 17.7 Å². The van der Waals surface area contributed by atoms with Crippen molar-refractivity contribution < 1.29 is 28.7 Å². The molecule has 8 atom stereocenters. The summed E-state index contributed by atoms with van der Waals surface area (Å²) in [4.78, 5) is 73.7. The fraction of sp³-hybridized carbons (Fsp3) is 0.561. The minimum Gasteiger partial charge on any atom is -0.469 e. The van der Waals surface area contributed by atoms with Gasteiger partial charge in [-0.25, -0.2) is 14.8 Å². The first-order valence-corrected chi connectivity index (χ1v) is 19.5. The molecule has 13 heteroatoms. The molecule has 4 aliphatic rings. The molecule has 2 aromatic heterocycles. The first-order chi connectivity index (χ1) is 25.9. The second kappa shape index (κ2) is 14.0. The normalized spacial score (nSPS) is 25.6. The monoisotopic (exact) mass is 737 g/mol. The van der Waals surface area contributed by atoms with E-state index in [1.54, 1.807) is 0 Å². The predicted molar refractivity (Wildman–Crippen MR) is 202 cm³/mol. The fourth-order valence-electron chi connectivity index (χ4n) is 9.94. The molecule has 13 nitrogen and oxygen atoms in total. The van der Waals surface area contributed by atoms with Gasteiger partial charge in [-0.1, -0.05) is 39.8 Å². The van der Waals surface area contributed by atoms with E-state index in [2.05, 4.69) is 39.6 Å². The number of aromatic amines is 2. The predicted octanol–water partition coefficient (Wildman–Crippen LogP) is 6.43. The van der Waals surface area contributed by atoms with Gasteiger partial charge in [0.25, 0.3) is 0 Å². The zero-order valence-corrected chi connectivity index (χ0v) is 31.9. The number of nitrogens with one attached hydrogen (secondary N) is 3. The highest BCUT2D eigenvalue weighted by molar-refractivity contribution is 5.89. The second-order valence-electron chi connectivity index (χ2n) is 16.5. The molecular formula is C41H51N7O6. The van der Waals surface area contributed by atoms with Gasteiger partial charge in [0.2, 0.25) is 11.8 Å². The van der Waals surface area contributed by atoms with Crippen LogP contribution in [0.15, 0.2) is 36.4 Å². The molecule has 4 heterocycles. The maximum Gasteiger partial charge on any atom is 0.407 e. The van der Waals surface area contributed by atoms with Crippen molar-refractivity contribution in [1.82, 2.24) is 35.1 Å². The van der Waals surface area contributed by atoms with Gasteiger partial charge in [0.05, 0.1) is 60.7 Å². The number of piperidine rings is 2. The van der Waals surface area contributed by atoms with Crippen molar-refractivity contribution in [1.29, 1.82) is 0 Å². The fourth-order valence-corrected chi connectivity index (χ4v) is 9.94. The topological polar surface area (TPSA) is 163 Å². The van der Waals surface area contributed by atoms with Crippen LogP contribution in [0.25, 0.3) is 33.2 Å². The number of nitrogens with zero attached hydrogens (tertiary/aromatic N) is 4. The summed E-state index contributed by atoms with van der Waals surface area (Å²) in [5.41, 5.74) is 5.48. The molecule has 2 saturated carbocycles. The van der Waals surface area contributed by atoms with E-state index in [0.29, 0.717) is 11.8 Å². The summed E-state index contributed by atoms with van der Waals surface area (Å²) in [5, 5.41) is 2.76. The molecule has 7 unspecified atom stereocenters. The number of hydrogen-bond acceptors (Lipinski definition) is 8. The van der Waals surface area contributed by atoms with Crippen molar-refractivity contribution in [2.75, 3.05) is 14.2 Å². The first kappa shape index (κ1) is 36.1. The highest BCUT2D eigenvalue weighted by atomic mass is 16.5. The number of rotatable bonds is 10. The average Bonchev–Trinajstić information content (AvgIpc) is 4.02. The number of methoxy groups -OCH3 is 2. The van der Waals surface area contributed by atoms with E-state index in [9.17, 15) is 19.2 Å². The summed E-state index contributed by atoms with van der Waals surface area (Å²) < 4.78 is 9.77. The lowest BCUT2D eigenvalue weighted by Gasteiger charge is -2.37. The Balaban J connectivity index is 1.06. The summed E-state index contributed by atoms with van der Waals surface area (Å²) in [6, 6.07) is 11.6. The van der Waals surface area contributed by atoms with E-state index >= 15 is 0 Å². The minimum absolute atomic E-state index is 0.000168. The molecule has 0 spiro atoms. The molecular weight excluding hydrogens is 686 g/mol. The Labute approximate surface area is 314 Å². The molecule has 8 rings (SSSR count). The number of carbonyl (C=O) groups is 4. The molecule has 4 fully saturated rings. The average molecular weight is 738 g/mol. The van der Waals surface area contributed by atoms with Crippen LogP contribution < -0.4 is 5.32 Å². The lowest BCUT2D eigenvalue weighted by Crippen LogP contribution is -2.54. The molecule has 2 aliphatic heterocycles. The zero-order valence-electron chi connectivity index (χ0n) is 31.9. The molecule has 3 N–H and O–H groups in total. The molecule has 3 amide bonds. The third kappa shape index (κ3) is 6.18.